The van der Waals surface area contributed by atoms with Gasteiger partial charge in [0.05, 0.1) is 14.2 Å². The Bertz CT molecular complexity index is 639. The van der Waals surface area contributed by atoms with Gasteiger partial charge in [-0.15, -0.1) is 0 Å². The summed E-state index contributed by atoms with van der Waals surface area (Å²) >= 11 is 0. The van der Waals surface area contributed by atoms with Crippen molar-refractivity contribution in [1.29, 1.82) is 0 Å². The van der Waals surface area contributed by atoms with Crippen LogP contribution < -0.4 is 14.8 Å². The van der Waals surface area contributed by atoms with Crippen LogP contribution in [0.4, 0.5) is 5.69 Å². The van der Waals surface area contributed by atoms with Crippen LogP contribution in [-0.4, -0.2) is 56.6 Å². The molecule has 8 nitrogen and oxygen atoms in total. The first-order valence-electron chi connectivity index (χ1n) is 8.48. The molecule has 2 amide bonds. The number of rotatable bonds is 7. The quantitative estimate of drug-likeness (QED) is 0.739. The number of likely N-dealkylation sites (tertiary alicyclic amines) is 1. The highest BCUT2D eigenvalue weighted by atomic mass is 16.5. The monoisotopic (exact) mass is 364 g/mol. The number of hydrogen-bond donors (Lipinski definition) is 1. The number of nitrogens with zero attached hydrogens (tertiary/aromatic N) is 1. The molecule has 0 saturated carbocycles. The molecular formula is C18H24N2O6. The Balaban J connectivity index is 1.82. The van der Waals surface area contributed by atoms with E-state index in [0.717, 1.165) is 19.3 Å². The number of carbonyl (C=O) groups excluding carboxylic acids is 3. The van der Waals surface area contributed by atoms with E-state index in [0.29, 0.717) is 30.2 Å². The fourth-order valence-corrected chi connectivity index (χ4v) is 2.63. The van der Waals surface area contributed by atoms with Gasteiger partial charge in [0.15, 0.2) is 6.61 Å². The van der Waals surface area contributed by atoms with Crippen molar-refractivity contribution >= 4 is 23.5 Å². The van der Waals surface area contributed by atoms with E-state index in [1.54, 1.807) is 18.2 Å². The average Bonchev–Trinajstić information content (AvgIpc) is 2.84. The maximum absolute atomic E-state index is 12.0. The van der Waals surface area contributed by atoms with Crippen LogP contribution in [0.3, 0.4) is 0 Å². The van der Waals surface area contributed by atoms with Crippen molar-refractivity contribution in [2.75, 3.05) is 39.2 Å². The predicted octanol–water partition coefficient (Wildman–Crippen LogP) is 1.59. The second kappa shape index (κ2) is 9.65. The van der Waals surface area contributed by atoms with Crippen LogP contribution in [0.2, 0.25) is 0 Å². The summed E-state index contributed by atoms with van der Waals surface area (Å²) in [5, 5.41) is 2.61. The number of hydrogen-bond acceptors (Lipinski definition) is 6. The molecule has 142 valence electrons. The van der Waals surface area contributed by atoms with Gasteiger partial charge in [-0.25, -0.2) is 0 Å². The summed E-state index contributed by atoms with van der Waals surface area (Å²) in [5.74, 6) is -0.0884. The van der Waals surface area contributed by atoms with Crippen LogP contribution in [0.15, 0.2) is 18.2 Å². The second-order valence-electron chi connectivity index (χ2n) is 5.94. The molecule has 0 unspecified atom stereocenters. The minimum Gasteiger partial charge on any atom is -0.497 e. The molecule has 1 saturated heterocycles. The number of esters is 1. The highest BCUT2D eigenvalue weighted by molar-refractivity contribution is 5.93. The van der Waals surface area contributed by atoms with Crippen LogP contribution in [0, 0.1) is 0 Å². The molecule has 0 radical (unpaired) electrons. The zero-order valence-electron chi connectivity index (χ0n) is 15.1. The lowest BCUT2D eigenvalue weighted by Crippen LogP contribution is -2.36. The van der Waals surface area contributed by atoms with E-state index in [1.807, 2.05) is 0 Å². The molecule has 1 N–H and O–H groups in total. The fourth-order valence-electron chi connectivity index (χ4n) is 2.63. The molecule has 0 aliphatic carbocycles. The lowest BCUT2D eigenvalue weighted by atomic mass is 10.2. The van der Waals surface area contributed by atoms with E-state index in [-0.39, 0.29) is 12.5 Å². The number of anilines is 1. The number of amides is 2. The largest absolute Gasteiger partial charge is 0.497 e. The number of benzene rings is 1. The van der Waals surface area contributed by atoms with Crippen LogP contribution in [0.1, 0.15) is 25.7 Å². The first-order valence-corrected chi connectivity index (χ1v) is 8.48. The van der Waals surface area contributed by atoms with Crippen LogP contribution >= 0.6 is 0 Å². The summed E-state index contributed by atoms with van der Waals surface area (Å²) in [4.78, 5) is 37.2. The minimum atomic E-state index is -0.598. The molecule has 2 rings (SSSR count). The minimum absolute atomic E-state index is 0.0487. The van der Waals surface area contributed by atoms with Crippen molar-refractivity contribution in [1.82, 2.24) is 4.90 Å². The van der Waals surface area contributed by atoms with E-state index in [9.17, 15) is 14.4 Å². The maximum atomic E-state index is 12.0. The summed E-state index contributed by atoms with van der Waals surface area (Å²) in [6, 6.07) is 4.92. The summed E-state index contributed by atoms with van der Waals surface area (Å²) in [7, 11) is 3.01. The van der Waals surface area contributed by atoms with E-state index in [1.165, 1.54) is 19.1 Å². The van der Waals surface area contributed by atoms with E-state index in [4.69, 9.17) is 14.2 Å². The van der Waals surface area contributed by atoms with Gasteiger partial charge in [-0.3, -0.25) is 14.4 Å². The van der Waals surface area contributed by atoms with Crippen molar-refractivity contribution in [3.8, 4) is 11.5 Å². The predicted molar refractivity (Wildman–Crippen MR) is 94.2 cm³/mol. The summed E-state index contributed by atoms with van der Waals surface area (Å²) in [5.41, 5.74) is 0.463. The molecule has 0 atom stereocenters. The van der Waals surface area contributed by atoms with Crippen LogP contribution in [0.25, 0.3) is 0 Å². The van der Waals surface area contributed by atoms with Crippen molar-refractivity contribution < 1.29 is 28.6 Å². The molecule has 26 heavy (non-hydrogen) atoms. The average molecular weight is 364 g/mol. The van der Waals surface area contributed by atoms with E-state index >= 15 is 0 Å². The van der Waals surface area contributed by atoms with Crippen LogP contribution in [0.5, 0.6) is 11.5 Å². The maximum Gasteiger partial charge on any atom is 0.326 e. The zero-order valence-corrected chi connectivity index (χ0v) is 15.1. The molecule has 0 bridgehead atoms. The van der Waals surface area contributed by atoms with Crippen molar-refractivity contribution in [3.05, 3.63) is 18.2 Å². The van der Waals surface area contributed by atoms with Gasteiger partial charge in [-0.05, 0) is 12.8 Å². The van der Waals surface area contributed by atoms with Gasteiger partial charge in [-0.1, -0.05) is 6.42 Å². The van der Waals surface area contributed by atoms with Gasteiger partial charge in [0.2, 0.25) is 5.91 Å². The highest BCUT2D eigenvalue weighted by Gasteiger charge is 2.20. The first-order chi connectivity index (χ1) is 12.5. The first kappa shape index (κ1) is 19.6. The Hall–Kier alpha value is -2.77. The van der Waals surface area contributed by atoms with Gasteiger partial charge in [0.1, 0.15) is 18.0 Å². The Labute approximate surface area is 152 Å². The summed E-state index contributed by atoms with van der Waals surface area (Å²) in [6.07, 6.45) is 3.14. The molecule has 1 aromatic rings. The lowest BCUT2D eigenvalue weighted by Gasteiger charge is -2.19. The number of carbonyl (C=O) groups is 3. The molecule has 1 aliphatic heterocycles. The highest BCUT2D eigenvalue weighted by Crippen LogP contribution is 2.25. The summed E-state index contributed by atoms with van der Waals surface area (Å²) < 4.78 is 15.2. The molecule has 1 aliphatic rings. The molecule has 1 aromatic carbocycles. The van der Waals surface area contributed by atoms with Crippen molar-refractivity contribution in [2.24, 2.45) is 0 Å². The third-order valence-corrected chi connectivity index (χ3v) is 3.99. The molecule has 1 fully saturated rings. The van der Waals surface area contributed by atoms with Gasteiger partial charge in [0.25, 0.3) is 5.91 Å². The van der Waals surface area contributed by atoms with Crippen molar-refractivity contribution in [3.63, 3.8) is 0 Å². The van der Waals surface area contributed by atoms with Gasteiger partial charge in [0, 0.05) is 36.9 Å². The SMILES string of the molecule is COc1cc(NC(=O)COC(=O)CN2CCCCCC2=O)cc(OC)c1. The number of ether oxygens (including phenoxy) is 3. The Morgan fingerprint density at radius 3 is 2.42 bits per heavy atom. The van der Waals surface area contributed by atoms with E-state index < -0.39 is 18.5 Å². The number of nitrogens with one attached hydrogen (secondary N) is 1. The zero-order chi connectivity index (χ0) is 18.9. The Kier molecular flexibility index (Phi) is 7.25. The standard InChI is InChI=1S/C18H24N2O6/c1-24-14-8-13(9-15(10-14)25-2)19-16(21)12-26-18(23)11-20-7-5-3-4-6-17(20)22/h8-10H,3-7,11-12H2,1-2H3,(H,19,21). The molecule has 0 aromatic heterocycles. The smallest absolute Gasteiger partial charge is 0.326 e. The normalized spacial score (nSPS) is 14.4. The molecular weight excluding hydrogens is 340 g/mol. The fraction of sp³-hybridized carbons (Fsp3) is 0.500. The molecule has 0 spiro atoms. The van der Waals surface area contributed by atoms with Crippen molar-refractivity contribution in [2.45, 2.75) is 25.7 Å². The lowest BCUT2D eigenvalue weighted by molar-refractivity contribution is -0.151. The van der Waals surface area contributed by atoms with Gasteiger partial charge >= 0.3 is 5.97 Å². The van der Waals surface area contributed by atoms with E-state index in [2.05, 4.69) is 5.32 Å². The summed E-state index contributed by atoms with van der Waals surface area (Å²) in [6.45, 7) is -0.0107. The topological polar surface area (TPSA) is 94.2 Å². The molecule has 8 heteroatoms. The Morgan fingerprint density at radius 1 is 1.08 bits per heavy atom. The second-order valence-corrected chi connectivity index (χ2v) is 5.94. The third kappa shape index (κ3) is 5.94. The van der Waals surface area contributed by atoms with Gasteiger partial charge in [-0.2, -0.15) is 0 Å². The van der Waals surface area contributed by atoms with Gasteiger partial charge < -0.3 is 24.4 Å². The third-order valence-electron chi connectivity index (χ3n) is 3.99. The molecule has 1 heterocycles. The Morgan fingerprint density at radius 2 is 1.77 bits per heavy atom. The van der Waals surface area contributed by atoms with Crippen LogP contribution in [-0.2, 0) is 19.1 Å². The number of methoxy groups -OCH3 is 2.